The molecular weight excluding hydrogens is 263 g/mol. The second-order valence-corrected chi connectivity index (χ2v) is 5.47. The van der Waals surface area contributed by atoms with Gasteiger partial charge in [-0.25, -0.2) is 4.39 Å². The molecule has 110 valence electrons. The molecule has 0 aliphatic rings. The number of methoxy groups -OCH3 is 1. The number of rotatable bonds is 4. The van der Waals surface area contributed by atoms with Gasteiger partial charge in [0.1, 0.15) is 11.5 Å². The molecule has 1 aromatic rings. The summed E-state index contributed by atoms with van der Waals surface area (Å²) in [7, 11) is 1.31. The Labute approximate surface area is 117 Å². The third-order valence-corrected chi connectivity index (χ3v) is 2.59. The van der Waals surface area contributed by atoms with E-state index in [2.05, 4.69) is 0 Å². The first-order chi connectivity index (χ1) is 9.15. The van der Waals surface area contributed by atoms with Crippen LogP contribution in [0.2, 0.25) is 0 Å². The van der Waals surface area contributed by atoms with Gasteiger partial charge in [0.2, 0.25) is 0 Å². The van der Waals surface area contributed by atoms with Crippen LogP contribution in [0.25, 0.3) is 0 Å². The quantitative estimate of drug-likeness (QED) is 0.484. The summed E-state index contributed by atoms with van der Waals surface area (Å²) in [5.41, 5.74) is -0.451. The maximum atomic E-state index is 13.3. The summed E-state index contributed by atoms with van der Waals surface area (Å²) in [5.74, 6) is -2.59. The van der Waals surface area contributed by atoms with Crippen LogP contribution in [0.15, 0.2) is 18.2 Å². The van der Waals surface area contributed by atoms with E-state index >= 15 is 0 Å². The molecule has 1 aromatic carbocycles. The molecule has 20 heavy (non-hydrogen) atoms. The number of ether oxygens (including phenoxy) is 2. The fourth-order valence-corrected chi connectivity index (χ4v) is 1.56. The summed E-state index contributed by atoms with van der Waals surface area (Å²) >= 11 is 0. The number of Topliss-reactive ketones (excluding diaryl/α,β-unsaturated/α-hetero) is 1. The Balaban J connectivity index is 2.92. The summed E-state index contributed by atoms with van der Waals surface area (Å²) in [4.78, 5) is 24.0. The normalized spacial score (nSPS) is 12.7. The molecule has 0 aromatic heterocycles. The number of hydrogen-bond acceptors (Lipinski definition) is 4. The average Bonchev–Trinajstić information content (AvgIpc) is 2.35. The summed E-state index contributed by atoms with van der Waals surface area (Å²) in [6.07, 6.45) is 0. The highest BCUT2D eigenvalue weighted by Gasteiger charge is 2.28. The van der Waals surface area contributed by atoms with Crippen molar-refractivity contribution >= 4 is 11.8 Å². The third kappa shape index (κ3) is 4.05. The van der Waals surface area contributed by atoms with Crippen LogP contribution >= 0.6 is 0 Å². The number of benzene rings is 1. The van der Waals surface area contributed by atoms with Crippen molar-refractivity contribution in [1.82, 2.24) is 0 Å². The summed E-state index contributed by atoms with van der Waals surface area (Å²) < 4.78 is 23.3. The zero-order chi connectivity index (χ0) is 15.5. The molecular formula is C15H19FO4. The Morgan fingerprint density at radius 3 is 2.35 bits per heavy atom. The second-order valence-electron chi connectivity index (χ2n) is 5.47. The minimum absolute atomic E-state index is 0.0350. The van der Waals surface area contributed by atoms with Crippen molar-refractivity contribution in [2.24, 2.45) is 5.92 Å². The van der Waals surface area contributed by atoms with Crippen molar-refractivity contribution in [1.29, 1.82) is 0 Å². The van der Waals surface area contributed by atoms with Crippen LogP contribution in [-0.2, 0) is 9.53 Å². The van der Waals surface area contributed by atoms with Crippen LogP contribution in [0.3, 0.4) is 0 Å². The van der Waals surface area contributed by atoms with Crippen molar-refractivity contribution in [3.8, 4) is 5.75 Å². The second kappa shape index (κ2) is 6.03. The number of carbonyl (C=O) groups is 2. The average molecular weight is 282 g/mol. The van der Waals surface area contributed by atoms with E-state index in [0.717, 1.165) is 6.07 Å². The van der Waals surface area contributed by atoms with Crippen LogP contribution in [0.5, 0.6) is 5.75 Å². The zero-order valence-electron chi connectivity index (χ0n) is 12.3. The van der Waals surface area contributed by atoms with E-state index in [4.69, 9.17) is 9.47 Å². The molecule has 0 amide bonds. The Hall–Kier alpha value is -1.91. The number of esters is 1. The van der Waals surface area contributed by atoms with Gasteiger partial charge in [-0.1, -0.05) is 0 Å². The largest absolute Gasteiger partial charge is 0.494 e. The molecule has 1 rings (SSSR count). The van der Waals surface area contributed by atoms with Crippen molar-refractivity contribution in [3.05, 3.63) is 29.6 Å². The fourth-order valence-electron chi connectivity index (χ4n) is 1.56. The number of carbonyl (C=O) groups excluding carboxylic acids is 2. The summed E-state index contributed by atoms with van der Waals surface area (Å²) in [5, 5.41) is 0. The Morgan fingerprint density at radius 1 is 1.25 bits per heavy atom. The predicted molar refractivity (Wildman–Crippen MR) is 72.3 cm³/mol. The van der Waals surface area contributed by atoms with E-state index in [9.17, 15) is 14.0 Å². The molecule has 0 heterocycles. The molecule has 0 radical (unpaired) electrons. The van der Waals surface area contributed by atoms with Gasteiger partial charge in [-0.15, -0.1) is 0 Å². The van der Waals surface area contributed by atoms with Gasteiger partial charge in [-0.3, -0.25) is 9.59 Å². The molecule has 0 aliphatic heterocycles. The van der Waals surface area contributed by atoms with Crippen LogP contribution in [-0.4, -0.2) is 24.5 Å². The number of ketones is 1. The Morgan fingerprint density at radius 2 is 1.85 bits per heavy atom. The number of hydrogen-bond donors (Lipinski definition) is 0. The van der Waals surface area contributed by atoms with Gasteiger partial charge >= 0.3 is 5.97 Å². The maximum Gasteiger partial charge on any atom is 0.317 e. The topological polar surface area (TPSA) is 52.6 Å². The lowest BCUT2D eigenvalue weighted by Gasteiger charge is -2.21. The highest BCUT2D eigenvalue weighted by Crippen LogP contribution is 2.21. The van der Waals surface area contributed by atoms with Gasteiger partial charge in [0, 0.05) is 5.56 Å². The molecule has 4 nitrogen and oxygen atoms in total. The van der Waals surface area contributed by atoms with Crippen LogP contribution < -0.4 is 4.74 Å². The predicted octanol–water partition coefficient (Wildman–Crippen LogP) is 2.99. The molecule has 0 fully saturated rings. The van der Waals surface area contributed by atoms with Gasteiger partial charge in [-0.2, -0.15) is 0 Å². The lowest BCUT2D eigenvalue weighted by Crippen LogP contribution is -2.31. The SMILES string of the molecule is COc1cc(C(=O)C(C)C(=O)OC(C)(C)C)ccc1F. The fraction of sp³-hybridized carbons (Fsp3) is 0.467. The van der Waals surface area contributed by atoms with Crippen LogP contribution in [0, 0.1) is 11.7 Å². The zero-order valence-corrected chi connectivity index (χ0v) is 12.3. The monoisotopic (exact) mass is 282 g/mol. The molecule has 0 spiro atoms. The van der Waals surface area contributed by atoms with E-state index in [0.29, 0.717) is 0 Å². The van der Waals surface area contributed by atoms with Crippen molar-refractivity contribution in [2.75, 3.05) is 7.11 Å². The molecule has 5 heteroatoms. The van der Waals surface area contributed by atoms with Crippen molar-refractivity contribution in [3.63, 3.8) is 0 Å². The van der Waals surface area contributed by atoms with Crippen molar-refractivity contribution < 1.29 is 23.5 Å². The highest BCUT2D eigenvalue weighted by molar-refractivity contribution is 6.08. The minimum atomic E-state index is -0.954. The van der Waals surface area contributed by atoms with E-state index in [1.807, 2.05) is 0 Å². The maximum absolute atomic E-state index is 13.3. The molecule has 0 aliphatic carbocycles. The summed E-state index contributed by atoms with van der Waals surface area (Å²) in [6.45, 7) is 6.64. The lowest BCUT2D eigenvalue weighted by molar-refractivity contribution is -0.157. The van der Waals surface area contributed by atoms with E-state index in [-0.39, 0.29) is 11.3 Å². The van der Waals surface area contributed by atoms with Crippen LogP contribution in [0.1, 0.15) is 38.1 Å². The van der Waals surface area contributed by atoms with E-state index in [1.165, 1.54) is 26.2 Å². The number of halogens is 1. The first-order valence-electron chi connectivity index (χ1n) is 6.26. The van der Waals surface area contributed by atoms with Gasteiger partial charge < -0.3 is 9.47 Å². The lowest BCUT2D eigenvalue weighted by atomic mass is 9.99. The third-order valence-electron chi connectivity index (χ3n) is 2.59. The van der Waals surface area contributed by atoms with E-state index < -0.39 is 29.1 Å². The van der Waals surface area contributed by atoms with Crippen LogP contribution in [0.4, 0.5) is 4.39 Å². The molecule has 0 saturated carbocycles. The smallest absolute Gasteiger partial charge is 0.317 e. The molecule has 1 unspecified atom stereocenters. The van der Waals surface area contributed by atoms with Gasteiger partial charge in [0.15, 0.2) is 17.3 Å². The minimum Gasteiger partial charge on any atom is -0.494 e. The van der Waals surface area contributed by atoms with Gasteiger partial charge in [0.25, 0.3) is 0 Å². The van der Waals surface area contributed by atoms with Gasteiger partial charge in [-0.05, 0) is 45.9 Å². The van der Waals surface area contributed by atoms with Crippen molar-refractivity contribution in [2.45, 2.75) is 33.3 Å². The first kappa shape index (κ1) is 16.1. The summed E-state index contributed by atoms with van der Waals surface area (Å²) in [6, 6.07) is 3.73. The molecule has 1 atom stereocenters. The Bertz CT molecular complexity index is 517. The van der Waals surface area contributed by atoms with E-state index in [1.54, 1.807) is 20.8 Å². The molecule has 0 bridgehead atoms. The molecule has 0 N–H and O–H groups in total. The van der Waals surface area contributed by atoms with Gasteiger partial charge in [0.05, 0.1) is 7.11 Å². The highest BCUT2D eigenvalue weighted by atomic mass is 19.1. The first-order valence-corrected chi connectivity index (χ1v) is 6.26. The molecule has 0 saturated heterocycles. The standard InChI is InChI=1S/C15H19FO4/c1-9(14(18)20-15(2,3)4)13(17)10-6-7-11(16)12(8-10)19-5/h6-9H,1-5H3. The Kier molecular flexibility index (Phi) is 4.87.